The van der Waals surface area contributed by atoms with E-state index in [0.717, 1.165) is 14.5 Å². The van der Waals surface area contributed by atoms with Gasteiger partial charge in [0.2, 0.25) is 0 Å². The van der Waals surface area contributed by atoms with Crippen LogP contribution in [0.1, 0.15) is 0 Å². The first-order valence-corrected chi connectivity index (χ1v) is 5.39. The van der Waals surface area contributed by atoms with E-state index >= 15 is 0 Å². The van der Waals surface area contributed by atoms with Gasteiger partial charge in [0, 0.05) is 23.0 Å². The molecule has 2 nitrogen and oxygen atoms in total. The molecule has 2 rings (SSSR count). The standard InChI is InChI=1S/C8H5Cl2IN2/c1-13-3-5(11)6-7(13)4(9)2-12-8(6)10/h2-3H,1H3. The molecular weight excluding hydrogens is 322 g/mol. The van der Waals surface area contributed by atoms with Gasteiger partial charge < -0.3 is 4.57 Å². The molecule has 2 heterocycles. The zero-order valence-corrected chi connectivity index (χ0v) is 10.4. The summed E-state index contributed by atoms with van der Waals surface area (Å²) in [6, 6.07) is 0. The summed E-state index contributed by atoms with van der Waals surface area (Å²) in [4.78, 5) is 4.00. The Balaban J connectivity index is 3.03. The fourth-order valence-electron chi connectivity index (χ4n) is 1.31. The topological polar surface area (TPSA) is 17.8 Å². The molecule has 0 fully saturated rings. The fraction of sp³-hybridized carbons (Fsp3) is 0.125. The highest BCUT2D eigenvalue weighted by atomic mass is 127. The minimum atomic E-state index is 0.504. The number of aromatic nitrogens is 2. The molecule has 13 heavy (non-hydrogen) atoms. The summed E-state index contributed by atoms with van der Waals surface area (Å²) >= 11 is 14.2. The molecule has 68 valence electrons. The maximum Gasteiger partial charge on any atom is 0.139 e. The second kappa shape index (κ2) is 3.29. The molecule has 0 saturated carbocycles. The highest BCUT2D eigenvalue weighted by Gasteiger charge is 2.11. The van der Waals surface area contributed by atoms with E-state index in [2.05, 4.69) is 27.6 Å². The van der Waals surface area contributed by atoms with Gasteiger partial charge in [-0.3, -0.25) is 0 Å². The van der Waals surface area contributed by atoms with Crippen LogP contribution in [-0.4, -0.2) is 9.55 Å². The van der Waals surface area contributed by atoms with Crippen molar-refractivity contribution in [2.45, 2.75) is 0 Å². The first kappa shape index (κ1) is 9.55. The van der Waals surface area contributed by atoms with E-state index in [1.54, 1.807) is 6.20 Å². The zero-order chi connectivity index (χ0) is 9.59. The van der Waals surface area contributed by atoms with Crippen molar-refractivity contribution in [2.24, 2.45) is 7.05 Å². The van der Waals surface area contributed by atoms with Gasteiger partial charge in [0.15, 0.2) is 0 Å². The zero-order valence-electron chi connectivity index (χ0n) is 6.68. The van der Waals surface area contributed by atoms with Crippen molar-refractivity contribution in [1.29, 1.82) is 0 Å². The summed E-state index contributed by atoms with van der Waals surface area (Å²) in [7, 11) is 1.94. The molecule has 0 amide bonds. The van der Waals surface area contributed by atoms with Crippen LogP contribution >= 0.6 is 45.8 Å². The molecule has 0 atom stereocenters. The molecule has 0 saturated heterocycles. The predicted octanol–water partition coefficient (Wildman–Crippen LogP) is 3.48. The number of pyridine rings is 1. The summed E-state index contributed by atoms with van der Waals surface area (Å²) in [5.74, 6) is 0. The lowest BCUT2D eigenvalue weighted by molar-refractivity contribution is 0.965. The largest absolute Gasteiger partial charge is 0.348 e. The van der Waals surface area contributed by atoms with Crippen LogP contribution in [0, 0.1) is 3.57 Å². The van der Waals surface area contributed by atoms with Gasteiger partial charge in [0.25, 0.3) is 0 Å². The number of halogens is 3. The third-order valence-electron chi connectivity index (χ3n) is 1.86. The number of hydrogen-bond acceptors (Lipinski definition) is 1. The molecule has 2 aromatic rings. The number of rotatable bonds is 0. The lowest BCUT2D eigenvalue weighted by atomic mass is 10.3. The summed E-state index contributed by atoms with van der Waals surface area (Å²) in [6.45, 7) is 0. The predicted molar refractivity (Wildman–Crippen MR) is 63.5 cm³/mol. The van der Waals surface area contributed by atoms with Crippen LogP contribution in [0.15, 0.2) is 12.4 Å². The Morgan fingerprint density at radius 2 is 2.15 bits per heavy atom. The van der Waals surface area contributed by atoms with Crippen LogP contribution in [0.25, 0.3) is 10.9 Å². The maximum atomic E-state index is 6.00. The second-order valence-corrected chi connectivity index (χ2v) is 4.64. The van der Waals surface area contributed by atoms with Gasteiger partial charge >= 0.3 is 0 Å². The van der Waals surface area contributed by atoms with E-state index in [-0.39, 0.29) is 0 Å². The van der Waals surface area contributed by atoms with Crippen molar-refractivity contribution in [3.8, 4) is 0 Å². The highest BCUT2D eigenvalue weighted by Crippen LogP contribution is 2.32. The smallest absolute Gasteiger partial charge is 0.139 e. The molecule has 0 spiro atoms. The van der Waals surface area contributed by atoms with Gasteiger partial charge in [-0.1, -0.05) is 23.2 Å². The molecule has 0 aliphatic rings. The van der Waals surface area contributed by atoms with Crippen LogP contribution < -0.4 is 0 Å². The van der Waals surface area contributed by atoms with Gasteiger partial charge in [-0.2, -0.15) is 0 Å². The van der Waals surface area contributed by atoms with Crippen LogP contribution in [0.2, 0.25) is 10.2 Å². The van der Waals surface area contributed by atoms with Crippen LogP contribution in [0.5, 0.6) is 0 Å². The molecule has 0 aliphatic heterocycles. The van der Waals surface area contributed by atoms with Gasteiger partial charge in [-0.15, -0.1) is 0 Å². The van der Waals surface area contributed by atoms with Gasteiger partial charge in [-0.25, -0.2) is 4.98 Å². The Morgan fingerprint density at radius 1 is 1.46 bits per heavy atom. The molecule has 0 bridgehead atoms. The van der Waals surface area contributed by atoms with Crippen LogP contribution in [-0.2, 0) is 7.05 Å². The van der Waals surface area contributed by atoms with Crippen molar-refractivity contribution in [2.75, 3.05) is 0 Å². The highest BCUT2D eigenvalue weighted by molar-refractivity contribution is 14.1. The van der Waals surface area contributed by atoms with E-state index in [4.69, 9.17) is 23.2 Å². The van der Waals surface area contributed by atoms with Crippen molar-refractivity contribution in [3.05, 3.63) is 26.1 Å². The SMILES string of the molecule is Cn1cc(I)c2c(Cl)ncc(Cl)c21. The number of nitrogens with zero attached hydrogens (tertiary/aromatic N) is 2. The Bertz CT molecular complexity index is 436. The molecule has 0 aromatic carbocycles. The quantitative estimate of drug-likeness (QED) is 0.535. The molecule has 2 aromatic heterocycles. The normalized spacial score (nSPS) is 11.1. The van der Waals surface area contributed by atoms with Gasteiger partial charge in [-0.05, 0) is 22.6 Å². The van der Waals surface area contributed by atoms with Crippen molar-refractivity contribution >= 4 is 56.7 Å². The van der Waals surface area contributed by atoms with E-state index in [0.29, 0.717) is 10.2 Å². The molecule has 0 aliphatic carbocycles. The van der Waals surface area contributed by atoms with E-state index in [1.165, 1.54) is 0 Å². The third-order valence-corrected chi connectivity index (χ3v) is 3.24. The molecule has 0 radical (unpaired) electrons. The molecule has 5 heteroatoms. The Kier molecular flexibility index (Phi) is 2.42. The second-order valence-electron chi connectivity index (χ2n) is 2.71. The molecule has 0 unspecified atom stereocenters. The minimum Gasteiger partial charge on any atom is -0.348 e. The molecular formula is C8H5Cl2IN2. The van der Waals surface area contributed by atoms with E-state index in [9.17, 15) is 0 Å². The Hall–Kier alpha value is -0.000000000000000111. The average Bonchev–Trinajstić information content (AvgIpc) is 2.36. The number of aryl methyl sites for hydroxylation is 1. The summed E-state index contributed by atoms with van der Waals surface area (Å²) in [5, 5.41) is 2.06. The summed E-state index contributed by atoms with van der Waals surface area (Å²) in [5.41, 5.74) is 0.936. The Labute approximate surface area is 99.0 Å². The third kappa shape index (κ3) is 1.43. The van der Waals surface area contributed by atoms with Gasteiger partial charge in [0.1, 0.15) is 5.15 Å². The van der Waals surface area contributed by atoms with E-state index < -0.39 is 0 Å². The summed E-state index contributed by atoms with van der Waals surface area (Å²) in [6.07, 6.45) is 3.55. The first-order chi connectivity index (χ1) is 6.11. The van der Waals surface area contributed by atoms with Crippen molar-refractivity contribution in [1.82, 2.24) is 9.55 Å². The summed E-state index contributed by atoms with van der Waals surface area (Å²) < 4.78 is 3.02. The lowest BCUT2D eigenvalue weighted by Crippen LogP contribution is -1.86. The lowest BCUT2D eigenvalue weighted by Gasteiger charge is -1.99. The van der Waals surface area contributed by atoms with Crippen molar-refractivity contribution in [3.63, 3.8) is 0 Å². The monoisotopic (exact) mass is 326 g/mol. The van der Waals surface area contributed by atoms with Crippen LogP contribution in [0.3, 0.4) is 0 Å². The average molecular weight is 327 g/mol. The molecule has 0 N–H and O–H groups in total. The van der Waals surface area contributed by atoms with Crippen molar-refractivity contribution < 1.29 is 0 Å². The minimum absolute atomic E-state index is 0.504. The number of hydrogen-bond donors (Lipinski definition) is 0. The van der Waals surface area contributed by atoms with Gasteiger partial charge in [0.05, 0.1) is 15.9 Å². The maximum absolute atomic E-state index is 6.00. The fourth-order valence-corrected chi connectivity index (χ4v) is 2.92. The van der Waals surface area contributed by atoms with E-state index in [1.807, 2.05) is 17.8 Å². The Morgan fingerprint density at radius 3 is 2.77 bits per heavy atom. The van der Waals surface area contributed by atoms with Crippen LogP contribution in [0.4, 0.5) is 0 Å². The first-order valence-electron chi connectivity index (χ1n) is 3.56. The number of fused-ring (bicyclic) bond motifs is 1.